The number of esters is 1. The smallest absolute Gasteiger partial charge is 0.329 e. The van der Waals surface area contributed by atoms with Gasteiger partial charge in [0.15, 0.2) is 6.61 Å². The maximum atomic E-state index is 12.4. The zero-order valence-corrected chi connectivity index (χ0v) is 14.9. The molecule has 0 aliphatic rings. The summed E-state index contributed by atoms with van der Waals surface area (Å²) in [6, 6.07) is 5.61. The first-order chi connectivity index (χ1) is 12.3. The predicted molar refractivity (Wildman–Crippen MR) is 92.2 cm³/mol. The molecule has 0 aromatic heterocycles. The van der Waals surface area contributed by atoms with E-state index in [-0.39, 0.29) is 18.0 Å². The zero-order valence-electron chi connectivity index (χ0n) is 14.9. The minimum atomic E-state index is -0.962. The summed E-state index contributed by atoms with van der Waals surface area (Å²) in [7, 11) is 1.44. The Bertz CT molecular complexity index is 674. The molecule has 0 aliphatic heterocycles. The molecule has 0 saturated heterocycles. The molecular weight excluding hydrogens is 342 g/mol. The SMILES string of the molecule is COc1ccccc1C(=O)N[C@H](C(=O)OCC(=O)NCC(N)=O)C(C)C. The number of amides is 3. The Kier molecular flexibility index (Phi) is 8.07. The molecule has 0 spiro atoms. The Hall–Kier alpha value is -3.10. The minimum absolute atomic E-state index is 0.271. The molecule has 0 saturated carbocycles. The van der Waals surface area contributed by atoms with Crippen molar-refractivity contribution < 1.29 is 28.7 Å². The second-order valence-corrected chi connectivity index (χ2v) is 5.75. The highest BCUT2D eigenvalue weighted by Gasteiger charge is 2.27. The van der Waals surface area contributed by atoms with E-state index in [0.717, 1.165) is 0 Å². The van der Waals surface area contributed by atoms with Gasteiger partial charge in [0.05, 0.1) is 19.2 Å². The van der Waals surface area contributed by atoms with E-state index < -0.39 is 36.3 Å². The van der Waals surface area contributed by atoms with E-state index in [0.29, 0.717) is 5.75 Å². The molecule has 3 amide bonds. The number of methoxy groups -OCH3 is 1. The van der Waals surface area contributed by atoms with Crippen molar-refractivity contribution in [3.8, 4) is 5.75 Å². The zero-order chi connectivity index (χ0) is 19.7. The van der Waals surface area contributed by atoms with Gasteiger partial charge in [-0.3, -0.25) is 14.4 Å². The number of rotatable bonds is 9. The highest BCUT2D eigenvalue weighted by atomic mass is 16.5. The van der Waals surface area contributed by atoms with E-state index in [9.17, 15) is 19.2 Å². The van der Waals surface area contributed by atoms with Gasteiger partial charge in [0.2, 0.25) is 5.91 Å². The quantitative estimate of drug-likeness (QED) is 0.509. The number of primary amides is 1. The molecule has 1 rings (SSSR count). The van der Waals surface area contributed by atoms with Gasteiger partial charge in [-0.25, -0.2) is 4.79 Å². The topological polar surface area (TPSA) is 137 Å². The highest BCUT2D eigenvalue weighted by Crippen LogP contribution is 2.17. The van der Waals surface area contributed by atoms with Crippen LogP contribution in [0.2, 0.25) is 0 Å². The fourth-order valence-corrected chi connectivity index (χ4v) is 2.01. The fourth-order valence-electron chi connectivity index (χ4n) is 2.01. The second kappa shape index (κ2) is 10.0. The van der Waals surface area contributed by atoms with Crippen molar-refractivity contribution in [1.82, 2.24) is 10.6 Å². The van der Waals surface area contributed by atoms with Crippen molar-refractivity contribution in [1.29, 1.82) is 0 Å². The lowest BCUT2D eigenvalue weighted by molar-refractivity contribution is -0.151. The van der Waals surface area contributed by atoms with E-state index in [1.54, 1.807) is 38.1 Å². The van der Waals surface area contributed by atoms with Crippen molar-refractivity contribution in [2.45, 2.75) is 19.9 Å². The van der Waals surface area contributed by atoms with Crippen LogP contribution in [-0.4, -0.2) is 50.0 Å². The Labute approximate surface area is 151 Å². The van der Waals surface area contributed by atoms with Crippen LogP contribution in [0.1, 0.15) is 24.2 Å². The number of nitrogens with two attached hydrogens (primary N) is 1. The number of nitrogens with one attached hydrogen (secondary N) is 2. The number of carbonyl (C=O) groups excluding carboxylic acids is 4. The number of ether oxygens (including phenoxy) is 2. The number of hydrogen-bond donors (Lipinski definition) is 3. The Balaban J connectivity index is 2.70. The fraction of sp³-hybridized carbons (Fsp3) is 0.412. The monoisotopic (exact) mass is 365 g/mol. The molecule has 9 heteroatoms. The van der Waals surface area contributed by atoms with Crippen LogP contribution in [0.15, 0.2) is 24.3 Å². The van der Waals surface area contributed by atoms with Gasteiger partial charge in [0, 0.05) is 0 Å². The molecule has 1 aromatic rings. The summed E-state index contributed by atoms with van der Waals surface area (Å²) in [5, 5.41) is 4.77. The van der Waals surface area contributed by atoms with Gasteiger partial charge in [0.1, 0.15) is 11.8 Å². The Morgan fingerprint density at radius 2 is 1.81 bits per heavy atom. The number of para-hydroxylation sites is 1. The van der Waals surface area contributed by atoms with Crippen molar-refractivity contribution >= 4 is 23.7 Å². The average molecular weight is 365 g/mol. The lowest BCUT2D eigenvalue weighted by atomic mass is 10.0. The molecule has 142 valence electrons. The largest absolute Gasteiger partial charge is 0.496 e. The van der Waals surface area contributed by atoms with Crippen LogP contribution in [0.3, 0.4) is 0 Å². The van der Waals surface area contributed by atoms with E-state index in [1.165, 1.54) is 7.11 Å². The summed E-state index contributed by atoms with van der Waals surface area (Å²) in [6.45, 7) is 2.51. The molecule has 1 atom stereocenters. The summed E-state index contributed by atoms with van der Waals surface area (Å²) in [4.78, 5) is 46.7. The van der Waals surface area contributed by atoms with Crippen LogP contribution in [-0.2, 0) is 19.1 Å². The van der Waals surface area contributed by atoms with E-state index in [2.05, 4.69) is 10.6 Å². The maximum absolute atomic E-state index is 12.4. The van der Waals surface area contributed by atoms with Crippen LogP contribution in [0.25, 0.3) is 0 Å². The molecule has 0 radical (unpaired) electrons. The van der Waals surface area contributed by atoms with Crippen molar-refractivity contribution in [2.24, 2.45) is 11.7 Å². The highest BCUT2D eigenvalue weighted by molar-refractivity contribution is 5.99. The number of carbonyl (C=O) groups is 4. The van der Waals surface area contributed by atoms with Crippen LogP contribution in [0.4, 0.5) is 0 Å². The van der Waals surface area contributed by atoms with E-state index >= 15 is 0 Å². The number of benzene rings is 1. The van der Waals surface area contributed by atoms with Crippen LogP contribution >= 0.6 is 0 Å². The van der Waals surface area contributed by atoms with Crippen LogP contribution < -0.4 is 21.1 Å². The minimum Gasteiger partial charge on any atom is -0.496 e. The third kappa shape index (κ3) is 6.42. The van der Waals surface area contributed by atoms with Gasteiger partial charge in [-0.05, 0) is 18.1 Å². The summed E-state index contributed by atoms with van der Waals surface area (Å²) >= 11 is 0. The Morgan fingerprint density at radius 3 is 2.38 bits per heavy atom. The molecule has 0 bridgehead atoms. The van der Waals surface area contributed by atoms with Gasteiger partial charge >= 0.3 is 5.97 Å². The summed E-state index contributed by atoms with van der Waals surface area (Å²) in [5.41, 5.74) is 5.17. The van der Waals surface area contributed by atoms with E-state index in [4.69, 9.17) is 15.2 Å². The van der Waals surface area contributed by atoms with E-state index in [1.807, 2.05) is 0 Å². The average Bonchev–Trinajstić information content (AvgIpc) is 2.61. The van der Waals surface area contributed by atoms with Gasteiger partial charge in [-0.2, -0.15) is 0 Å². The summed E-state index contributed by atoms with van der Waals surface area (Å²) < 4.78 is 10.0. The molecule has 0 unspecified atom stereocenters. The molecule has 4 N–H and O–H groups in total. The van der Waals surface area contributed by atoms with Crippen molar-refractivity contribution in [3.05, 3.63) is 29.8 Å². The van der Waals surface area contributed by atoms with Gasteiger partial charge < -0.3 is 25.8 Å². The lowest BCUT2D eigenvalue weighted by Gasteiger charge is -2.21. The predicted octanol–water partition coefficient (Wildman–Crippen LogP) is -0.406. The molecule has 0 fully saturated rings. The number of hydrogen-bond acceptors (Lipinski definition) is 6. The first-order valence-corrected chi connectivity index (χ1v) is 7.91. The normalized spacial score (nSPS) is 11.4. The second-order valence-electron chi connectivity index (χ2n) is 5.75. The molecule has 0 aliphatic carbocycles. The molecule has 1 aromatic carbocycles. The van der Waals surface area contributed by atoms with Crippen LogP contribution in [0.5, 0.6) is 5.75 Å². The molecule has 26 heavy (non-hydrogen) atoms. The van der Waals surface area contributed by atoms with Gasteiger partial charge in [0.25, 0.3) is 11.8 Å². The van der Waals surface area contributed by atoms with Crippen LogP contribution in [0, 0.1) is 5.92 Å². The molecule has 9 nitrogen and oxygen atoms in total. The van der Waals surface area contributed by atoms with Gasteiger partial charge in [-0.1, -0.05) is 26.0 Å². The molecular formula is C17H23N3O6. The standard InChI is InChI=1S/C17H23N3O6/c1-10(2)15(17(24)26-9-14(22)19-8-13(18)21)20-16(23)11-6-4-5-7-12(11)25-3/h4-7,10,15H,8-9H2,1-3H3,(H2,18,21)(H,19,22)(H,20,23)/t15-/m0/s1. The Morgan fingerprint density at radius 1 is 1.15 bits per heavy atom. The van der Waals surface area contributed by atoms with Gasteiger partial charge in [-0.15, -0.1) is 0 Å². The first-order valence-electron chi connectivity index (χ1n) is 7.91. The third-order valence-electron chi connectivity index (χ3n) is 3.36. The maximum Gasteiger partial charge on any atom is 0.329 e. The summed E-state index contributed by atoms with van der Waals surface area (Å²) in [5.74, 6) is -2.57. The summed E-state index contributed by atoms with van der Waals surface area (Å²) in [6.07, 6.45) is 0. The lowest BCUT2D eigenvalue weighted by Crippen LogP contribution is -2.46. The van der Waals surface area contributed by atoms with Crippen molar-refractivity contribution in [2.75, 3.05) is 20.3 Å². The first kappa shape index (κ1) is 20.9. The molecule has 0 heterocycles. The van der Waals surface area contributed by atoms with Crippen molar-refractivity contribution in [3.63, 3.8) is 0 Å². The third-order valence-corrected chi connectivity index (χ3v) is 3.36.